The number of hydrogen-bond donors (Lipinski definition) is 1. The van der Waals surface area contributed by atoms with Gasteiger partial charge in [0.25, 0.3) is 5.91 Å². The van der Waals surface area contributed by atoms with Gasteiger partial charge in [-0.3, -0.25) is 9.78 Å². The summed E-state index contributed by atoms with van der Waals surface area (Å²) < 4.78 is 16.2. The van der Waals surface area contributed by atoms with Crippen LogP contribution in [0.2, 0.25) is 0 Å². The molecule has 8 heteroatoms. The fourth-order valence-electron chi connectivity index (χ4n) is 2.69. The average Bonchev–Trinajstić information content (AvgIpc) is 2.73. The second kappa shape index (κ2) is 7.51. The lowest BCUT2D eigenvalue weighted by Crippen LogP contribution is -2.30. The number of rotatable bonds is 4. The Morgan fingerprint density at radius 2 is 1.82 bits per heavy atom. The number of carbonyl (C=O) groups is 2. The van der Waals surface area contributed by atoms with E-state index in [0.717, 1.165) is 0 Å². The van der Waals surface area contributed by atoms with E-state index in [1.165, 1.54) is 13.1 Å². The van der Waals surface area contributed by atoms with Crippen molar-refractivity contribution in [3.63, 3.8) is 0 Å². The fourth-order valence-corrected chi connectivity index (χ4v) is 2.69. The van der Waals surface area contributed by atoms with Gasteiger partial charge in [0.1, 0.15) is 13.2 Å². The van der Waals surface area contributed by atoms with E-state index in [1.807, 2.05) is 6.07 Å². The molecular weight excluding hydrogens is 362 g/mol. The number of ether oxygens (including phenoxy) is 3. The monoisotopic (exact) mass is 379 g/mol. The summed E-state index contributed by atoms with van der Waals surface area (Å²) in [5.74, 6) is -0.0133. The third kappa shape index (κ3) is 3.71. The highest BCUT2D eigenvalue weighted by molar-refractivity contribution is 5.97. The average molecular weight is 379 g/mol. The number of esters is 1. The highest BCUT2D eigenvalue weighted by Crippen LogP contribution is 2.32. The Bertz CT molecular complexity index is 1050. The van der Waals surface area contributed by atoms with Crippen molar-refractivity contribution < 1.29 is 23.8 Å². The summed E-state index contributed by atoms with van der Waals surface area (Å²) in [6.45, 7) is 2.42. The van der Waals surface area contributed by atoms with Crippen LogP contribution in [-0.2, 0) is 9.53 Å². The zero-order valence-corrected chi connectivity index (χ0v) is 15.0. The summed E-state index contributed by atoms with van der Waals surface area (Å²) in [5, 5.41) is 2.69. The van der Waals surface area contributed by atoms with Crippen molar-refractivity contribution >= 4 is 28.6 Å². The highest BCUT2D eigenvalue weighted by atomic mass is 16.6. The van der Waals surface area contributed by atoms with E-state index in [1.54, 1.807) is 36.4 Å². The molecular formula is C20H17N3O5. The number of nitrogens with one attached hydrogen (secondary N) is 1. The van der Waals surface area contributed by atoms with Crippen molar-refractivity contribution in [2.45, 2.75) is 13.0 Å². The van der Waals surface area contributed by atoms with Crippen LogP contribution in [0.25, 0.3) is 11.0 Å². The minimum atomic E-state index is -1.02. The molecule has 3 aromatic rings. The first-order valence-electron chi connectivity index (χ1n) is 8.73. The van der Waals surface area contributed by atoms with Gasteiger partial charge in [-0.15, -0.1) is 0 Å². The van der Waals surface area contributed by atoms with Crippen molar-refractivity contribution in [3.05, 3.63) is 54.4 Å². The predicted molar refractivity (Wildman–Crippen MR) is 100 cm³/mol. The molecule has 28 heavy (non-hydrogen) atoms. The number of hydrogen-bond acceptors (Lipinski definition) is 7. The lowest BCUT2D eigenvalue weighted by atomic mass is 10.2. The Balaban J connectivity index is 1.41. The van der Waals surface area contributed by atoms with Crippen LogP contribution in [0.1, 0.15) is 17.4 Å². The molecule has 1 amide bonds. The molecule has 0 radical (unpaired) electrons. The lowest BCUT2D eigenvalue weighted by Gasteiger charge is -2.19. The van der Waals surface area contributed by atoms with Crippen molar-refractivity contribution in [1.29, 1.82) is 0 Å². The van der Waals surface area contributed by atoms with Crippen LogP contribution in [0, 0.1) is 0 Å². The SMILES string of the molecule is CC(OC(=O)c1cnc2ccccc2n1)C(=O)Nc1ccc2c(c1)OCCO2. The van der Waals surface area contributed by atoms with E-state index in [-0.39, 0.29) is 5.69 Å². The van der Waals surface area contributed by atoms with Gasteiger partial charge in [-0.2, -0.15) is 0 Å². The Morgan fingerprint density at radius 3 is 2.64 bits per heavy atom. The number of benzene rings is 2. The van der Waals surface area contributed by atoms with E-state index in [2.05, 4.69) is 15.3 Å². The quantitative estimate of drug-likeness (QED) is 0.696. The molecule has 1 aliphatic heterocycles. The summed E-state index contributed by atoms with van der Waals surface area (Å²) in [7, 11) is 0. The molecule has 2 aromatic carbocycles. The maximum atomic E-state index is 12.4. The number of anilines is 1. The van der Waals surface area contributed by atoms with Crippen LogP contribution >= 0.6 is 0 Å². The van der Waals surface area contributed by atoms with Gasteiger partial charge >= 0.3 is 5.97 Å². The van der Waals surface area contributed by atoms with E-state index in [9.17, 15) is 9.59 Å². The van der Waals surface area contributed by atoms with Crippen molar-refractivity contribution in [2.75, 3.05) is 18.5 Å². The summed E-state index contributed by atoms with van der Waals surface area (Å²) >= 11 is 0. The molecule has 0 spiro atoms. The molecule has 1 unspecified atom stereocenters. The molecule has 0 bridgehead atoms. The molecule has 0 saturated carbocycles. The summed E-state index contributed by atoms with van der Waals surface area (Å²) in [6.07, 6.45) is 0.310. The van der Waals surface area contributed by atoms with Crippen molar-refractivity contribution in [1.82, 2.24) is 9.97 Å². The summed E-state index contributed by atoms with van der Waals surface area (Å²) in [4.78, 5) is 33.1. The second-order valence-corrected chi connectivity index (χ2v) is 6.14. The van der Waals surface area contributed by atoms with Crippen LogP contribution < -0.4 is 14.8 Å². The number of aromatic nitrogens is 2. The molecule has 0 fully saturated rings. The van der Waals surface area contributed by atoms with E-state index in [0.29, 0.717) is 41.4 Å². The first-order valence-corrected chi connectivity index (χ1v) is 8.73. The third-order valence-electron chi connectivity index (χ3n) is 4.12. The Morgan fingerprint density at radius 1 is 1.07 bits per heavy atom. The predicted octanol–water partition coefficient (Wildman–Crippen LogP) is 2.59. The van der Waals surface area contributed by atoms with E-state index < -0.39 is 18.0 Å². The number of para-hydroxylation sites is 2. The van der Waals surface area contributed by atoms with Crippen LogP contribution in [0.5, 0.6) is 11.5 Å². The molecule has 142 valence electrons. The largest absolute Gasteiger partial charge is 0.486 e. The zero-order chi connectivity index (χ0) is 19.5. The van der Waals surface area contributed by atoms with Crippen molar-refractivity contribution in [2.24, 2.45) is 0 Å². The van der Waals surface area contributed by atoms with Gasteiger partial charge in [0.15, 0.2) is 23.3 Å². The maximum absolute atomic E-state index is 12.4. The lowest BCUT2D eigenvalue weighted by molar-refractivity contribution is -0.123. The first kappa shape index (κ1) is 17.7. The van der Waals surface area contributed by atoms with Gasteiger partial charge < -0.3 is 19.5 Å². The number of fused-ring (bicyclic) bond motifs is 2. The van der Waals surface area contributed by atoms with Gasteiger partial charge in [-0.05, 0) is 31.2 Å². The summed E-state index contributed by atoms with van der Waals surface area (Å²) in [6, 6.07) is 12.2. The van der Waals surface area contributed by atoms with Crippen molar-refractivity contribution in [3.8, 4) is 11.5 Å². The Hall–Kier alpha value is -3.68. The molecule has 1 aromatic heterocycles. The Kier molecular flexibility index (Phi) is 4.76. The van der Waals surface area contributed by atoms with Gasteiger partial charge in [0.05, 0.1) is 17.2 Å². The van der Waals surface area contributed by atoms with Gasteiger partial charge in [0, 0.05) is 11.8 Å². The Labute approximate surface area is 160 Å². The molecule has 2 heterocycles. The topological polar surface area (TPSA) is 99.6 Å². The molecule has 8 nitrogen and oxygen atoms in total. The first-order chi connectivity index (χ1) is 13.6. The molecule has 0 aliphatic carbocycles. The van der Waals surface area contributed by atoms with Crippen LogP contribution in [0.15, 0.2) is 48.7 Å². The zero-order valence-electron chi connectivity index (χ0n) is 15.0. The summed E-state index contributed by atoms with van der Waals surface area (Å²) in [5.41, 5.74) is 1.80. The second-order valence-electron chi connectivity index (χ2n) is 6.14. The van der Waals surface area contributed by atoms with Gasteiger partial charge in [0.2, 0.25) is 0 Å². The van der Waals surface area contributed by atoms with E-state index in [4.69, 9.17) is 14.2 Å². The highest BCUT2D eigenvalue weighted by Gasteiger charge is 2.21. The minimum Gasteiger partial charge on any atom is -0.486 e. The molecule has 1 N–H and O–H groups in total. The smallest absolute Gasteiger partial charge is 0.359 e. The number of amides is 1. The normalized spacial score (nSPS) is 13.6. The van der Waals surface area contributed by atoms with Crippen LogP contribution in [0.3, 0.4) is 0 Å². The number of nitrogens with zero attached hydrogens (tertiary/aromatic N) is 2. The third-order valence-corrected chi connectivity index (χ3v) is 4.12. The van der Waals surface area contributed by atoms with Gasteiger partial charge in [-0.25, -0.2) is 9.78 Å². The molecule has 1 aliphatic rings. The van der Waals surface area contributed by atoms with Crippen LogP contribution in [0.4, 0.5) is 5.69 Å². The molecule has 0 saturated heterocycles. The van der Waals surface area contributed by atoms with E-state index >= 15 is 0 Å². The number of carbonyl (C=O) groups excluding carboxylic acids is 2. The standard InChI is InChI=1S/C20H17N3O5/c1-12(19(24)22-13-6-7-17-18(10-13)27-9-8-26-17)28-20(25)16-11-21-14-4-2-3-5-15(14)23-16/h2-7,10-12H,8-9H2,1H3,(H,22,24). The van der Waals surface area contributed by atoms with Gasteiger partial charge in [-0.1, -0.05) is 12.1 Å². The molecule has 4 rings (SSSR count). The maximum Gasteiger partial charge on any atom is 0.359 e. The fraction of sp³-hybridized carbons (Fsp3) is 0.200. The minimum absolute atomic E-state index is 0.0395. The van der Waals surface area contributed by atoms with Crippen LogP contribution in [-0.4, -0.2) is 41.2 Å². The molecule has 1 atom stereocenters.